The lowest BCUT2D eigenvalue weighted by atomic mass is 10.1. The molecule has 2 aromatic rings. The van der Waals surface area contributed by atoms with Crippen LogP contribution in [0.25, 0.3) is 17.4 Å². The average Bonchev–Trinajstić information content (AvgIpc) is 2.85. The van der Waals surface area contributed by atoms with Gasteiger partial charge in [-0.3, -0.25) is 10.1 Å². The van der Waals surface area contributed by atoms with Crippen molar-refractivity contribution in [2.45, 2.75) is 0 Å². The predicted molar refractivity (Wildman–Crippen MR) is 81.7 cm³/mol. The van der Waals surface area contributed by atoms with Crippen LogP contribution in [0.3, 0.4) is 0 Å². The Morgan fingerprint density at radius 2 is 2.18 bits per heavy atom. The van der Waals surface area contributed by atoms with Crippen molar-refractivity contribution in [3.8, 4) is 17.1 Å². The van der Waals surface area contributed by atoms with Gasteiger partial charge < -0.3 is 14.3 Å². The number of carboxylic acids is 1. The minimum atomic E-state index is -1.10. The second-order valence-electron chi connectivity index (χ2n) is 4.14. The third-order valence-corrected chi connectivity index (χ3v) is 3.32. The monoisotopic (exact) mass is 367 g/mol. The van der Waals surface area contributed by atoms with Gasteiger partial charge in [0.05, 0.1) is 16.5 Å². The van der Waals surface area contributed by atoms with E-state index in [-0.39, 0.29) is 11.4 Å². The van der Waals surface area contributed by atoms with Crippen molar-refractivity contribution in [2.24, 2.45) is 0 Å². The largest absolute Gasteiger partial charge is 0.490 e. The van der Waals surface area contributed by atoms with Crippen LogP contribution in [0.15, 0.2) is 39.2 Å². The molecular formula is C14H10BrNO6. The molecular weight excluding hydrogens is 358 g/mol. The van der Waals surface area contributed by atoms with Gasteiger partial charge in [0.1, 0.15) is 11.5 Å². The molecule has 0 saturated carbocycles. The van der Waals surface area contributed by atoms with Gasteiger partial charge in [-0.15, -0.1) is 0 Å². The molecule has 7 nitrogen and oxygen atoms in total. The Labute approximate surface area is 133 Å². The Hall–Kier alpha value is -2.61. The fourth-order valence-corrected chi connectivity index (χ4v) is 2.33. The first-order chi connectivity index (χ1) is 10.4. The van der Waals surface area contributed by atoms with Crippen molar-refractivity contribution in [1.82, 2.24) is 0 Å². The Bertz CT molecular complexity index is 765. The van der Waals surface area contributed by atoms with Gasteiger partial charge in [-0.2, -0.15) is 0 Å². The summed E-state index contributed by atoms with van der Waals surface area (Å²) < 4.78 is 11.0. The lowest BCUT2D eigenvalue weighted by Gasteiger charge is -2.03. The van der Waals surface area contributed by atoms with Gasteiger partial charge in [-0.1, -0.05) is 0 Å². The number of rotatable bonds is 5. The summed E-state index contributed by atoms with van der Waals surface area (Å²) in [5.41, 5.74) is 0.278. The maximum absolute atomic E-state index is 11.0. The molecule has 1 aromatic carbocycles. The molecule has 0 aliphatic carbocycles. The van der Waals surface area contributed by atoms with Crippen molar-refractivity contribution in [3.63, 3.8) is 0 Å². The quantitative estimate of drug-likeness (QED) is 0.490. The second-order valence-corrected chi connectivity index (χ2v) is 5.00. The fourth-order valence-electron chi connectivity index (χ4n) is 1.79. The summed E-state index contributed by atoms with van der Waals surface area (Å²) in [7, 11) is 1.35. The minimum absolute atomic E-state index is 0.141. The smallest absolute Gasteiger partial charge is 0.328 e. The highest BCUT2D eigenvalue weighted by molar-refractivity contribution is 9.10. The number of methoxy groups -OCH3 is 1. The normalized spacial score (nSPS) is 10.8. The van der Waals surface area contributed by atoms with Gasteiger partial charge in [0, 0.05) is 17.7 Å². The van der Waals surface area contributed by atoms with E-state index in [1.54, 1.807) is 12.1 Å². The first-order valence-corrected chi connectivity index (χ1v) is 6.75. The molecule has 1 N–H and O–H groups in total. The molecule has 0 spiro atoms. The molecule has 2 rings (SSSR count). The van der Waals surface area contributed by atoms with Crippen LogP contribution in [0.1, 0.15) is 5.76 Å². The van der Waals surface area contributed by atoms with Crippen molar-refractivity contribution < 1.29 is 24.0 Å². The van der Waals surface area contributed by atoms with Gasteiger partial charge in [-0.25, -0.2) is 4.79 Å². The van der Waals surface area contributed by atoms with E-state index in [0.717, 1.165) is 6.08 Å². The molecule has 1 heterocycles. The molecule has 1 aromatic heterocycles. The summed E-state index contributed by atoms with van der Waals surface area (Å²) >= 11 is 3.28. The maximum atomic E-state index is 11.0. The number of aliphatic carboxylic acids is 1. The zero-order chi connectivity index (χ0) is 16.3. The SMILES string of the molecule is COc1ccc(-c2oc(/C=C/C(=O)O)cc2Br)cc1[N+](=O)[O-]. The number of hydrogen-bond donors (Lipinski definition) is 1. The van der Waals surface area contributed by atoms with Crippen molar-refractivity contribution in [2.75, 3.05) is 7.11 Å². The molecule has 0 bridgehead atoms. The van der Waals surface area contributed by atoms with Crippen LogP contribution in [-0.4, -0.2) is 23.1 Å². The highest BCUT2D eigenvalue weighted by atomic mass is 79.9. The summed E-state index contributed by atoms with van der Waals surface area (Å²) in [6.07, 6.45) is 2.22. The van der Waals surface area contributed by atoms with Crippen LogP contribution >= 0.6 is 15.9 Å². The molecule has 0 aliphatic rings. The van der Waals surface area contributed by atoms with Gasteiger partial charge >= 0.3 is 11.7 Å². The predicted octanol–water partition coefficient (Wildman–Crippen LogP) is 3.72. The fraction of sp³-hybridized carbons (Fsp3) is 0.0714. The third-order valence-electron chi connectivity index (χ3n) is 2.73. The Balaban J connectivity index is 2.46. The highest BCUT2D eigenvalue weighted by Crippen LogP contribution is 2.37. The lowest BCUT2D eigenvalue weighted by Crippen LogP contribution is -1.93. The number of ether oxygens (including phenoxy) is 1. The van der Waals surface area contributed by atoms with E-state index in [1.165, 1.54) is 25.3 Å². The Morgan fingerprint density at radius 3 is 2.77 bits per heavy atom. The number of benzene rings is 1. The van der Waals surface area contributed by atoms with E-state index in [0.29, 0.717) is 21.6 Å². The van der Waals surface area contributed by atoms with Crippen LogP contribution in [0.5, 0.6) is 5.75 Å². The van der Waals surface area contributed by atoms with Gasteiger partial charge in [-0.05, 0) is 40.2 Å². The zero-order valence-electron chi connectivity index (χ0n) is 11.3. The van der Waals surface area contributed by atoms with Crippen LogP contribution in [0, 0.1) is 10.1 Å². The van der Waals surface area contributed by atoms with Crippen LogP contribution in [0.4, 0.5) is 5.69 Å². The van der Waals surface area contributed by atoms with Crippen LogP contribution < -0.4 is 4.74 Å². The van der Waals surface area contributed by atoms with E-state index in [2.05, 4.69) is 15.9 Å². The topological polar surface area (TPSA) is 103 Å². The third kappa shape index (κ3) is 3.34. The maximum Gasteiger partial charge on any atom is 0.328 e. The number of halogens is 1. The van der Waals surface area contributed by atoms with E-state index in [4.69, 9.17) is 14.3 Å². The molecule has 0 radical (unpaired) electrons. The van der Waals surface area contributed by atoms with Gasteiger partial charge in [0.2, 0.25) is 0 Å². The van der Waals surface area contributed by atoms with Crippen molar-refractivity contribution in [1.29, 1.82) is 0 Å². The van der Waals surface area contributed by atoms with E-state index in [9.17, 15) is 14.9 Å². The summed E-state index contributed by atoms with van der Waals surface area (Å²) in [5, 5.41) is 19.6. The molecule has 22 heavy (non-hydrogen) atoms. The number of furan rings is 1. The van der Waals surface area contributed by atoms with E-state index >= 15 is 0 Å². The standard InChI is InChI=1S/C14H10BrNO6/c1-21-12-4-2-8(6-11(12)16(19)20)14-10(15)7-9(22-14)3-5-13(17)18/h2-7H,1H3,(H,17,18)/b5-3+. The minimum Gasteiger partial charge on any atom is -0.490 e. The molecule has 0 saturated heterocycles. The molecule has 0 fully saturated rings. The Morgan fingerprint density at radius 1 is 1.45 bits per heavy atom. The van der Waals surface area contributed by atoms with E-state index < -0.39 is 10.9 Å². The first kappa shape index (κ1) is 15.8. The van der Waals surface area contributed by atoms with Crippen LogP contribution in [0.2, 0.25) is 0 Å². The van der Waals surface area contributed by atoms with Crippen molar-refractivity contribution in [3.05, 3.63) is 50.7 Å². The van der Waals surface area contributed by atoms with E-state index in [1.807, 2.05) is 0 Å². The lowest BCUT2D eigenvalue weighted by molar-refractivity contribution is -0.385. The highest BCUT2D eigenvalue weighted by Gasteiger charge is 2.19. The second kappa shape index (κ2) is 6.44. The van der Waals surface area contributed by atoms with Crippen molar-refractivity contribution >= 4 is 33.7 Å². The molecule has 8 heteroatoms. The first-order valence-electron chi connectivity index (χ1n) is 5.95. The zero-order valence-corrected chi connectivity index (χ0v) is 12.9. The number of carbonyl (C=O) groups is 1. The number of carboxylic acid groups (broad SMARTS) is 1. The van der Waals surface area contributed by atoms with Gasteiger partial charge in [0.25, 0.3) is 0 Å². The molecule has 0 aliphatic heterocycles. The average molecular weight is 368 g/mol. The number of nitro benzene ring substituents is 1. The number of nitrogens with zero attached hydrogens (tertiary/aromatic N) is 1. The molecule has 0 unspecified atom stereocenters. The summed E-state index contributed by atoms with van der Waals surface area (Å²) in [6, 6.07) is 5.98. The summed E-state index contributed by atoms with van der Waals surface area (Å²) in [5.74, 6) is -0.296. The molecule has 0 atom stereocenters. The summed E-state index contributed by atoms with van der Waals surface area (Å²) in [6.45, 7) is 0. The molecule has 0 amide bonds. The Kier molecular flexibility index (Phi) is 4.62. The summed E-state index contributed by atoms with van der Waals surface area (Å²) in [4.78, 5) is 21.0. The van der Waals surface area contributed by atoms with Gasteiger partial charge in [0.15, 0.2) is 5.75 Å². The van der Waals surface area contributed by atoms with Crippen LogP contribution in [-0.2, 0) is 4.79 Å². The molecule has 114 valence electrons. The number of nitro groups is 1. The number of hydrogen-bond acceptors (Lipinski definition) is 5.